The predicted octanol–water partition coefficient (Wildman–Crippen LogP) is 2.67. The Labute approximate surface area is 120 Å². The Balaban J connectivity index is 1.72. The van der Waals surface area contributed by atoms with Gasteiger partial charge in [-0.3, -0.25) is 4.79 Å². The first-order chi connectivity index (χ1) is 9.27. The van der Waals surface area contributed by atoms with E-state index in [0.29, 0.717) is 18.4 Å². The number of hydrogen-bond donors (Lipinski definition) is 1. The average molecular weight is 280 g/mol. The molecule has 0 saturated carbocycles. The highest BCUT2D eigenvalue weighted by Gasteiger charge is 2.20. The standard InChI is InChI=1S/C15H24N2OS/c1-17(13-5-3-10-16-11-9-13)15(18)8-2-6-14-7-4-12-19-14/h4,7,12-13,16H,2-3,5-6,8-11H2,1H3. The Morgan fingerprint density at radius 1 is 1.47 bits per heavy atom. The molecular weight excluding hydrogens is 256 g/mol. The molecule has 1 atom stereocenters. The molecule has 0 aliphatic carbocycles. The summed E-state index contributed by atoms with van der Waals surface area (Å²) in [5.41, 5.74) is 0. The number of amides is 1. The second-order valence-corrected chi connectivity index (χ2v) is 6.30. The smallest absolute Gasteiger partial charge is 0.222 e. The Hall–Kier alpha value is -0.870. The Morgan fingerprint density at radius 3 is 3.16 bits per heavy atom. The van der Waals surface area contributed by atoms with Gasteiger partial charge in [0, 0.05) is 24.4 Å². The van der Waals surface area contributed by atoms with Crippen molar-refractivity contribution >= 4 is 17.2 Å². The third-order valence-corrected chi connectivity index (χ3v) is 4.82. The maximum Gasteiger partial charge on any atom is 0.222 e. The second kappa shape index (κ2) is 7.65. The Bertz CT molecular complexity index is 370. The zero-order valence-corrected chi connectivity index (χ0v) is 12.5. The molecule has 1 fully saturated rings. The molecule has 1 saturated heterocycles. The number of thiophene rings is 1. The van der Waals surface area contributed by atoms with E-state index in [1.54, 1.807) is 11.3 Å². The molecule has 4 heteroatoms. The van der Waals surface area contributed by atoms with Crippen LogP contribution in [0.2, 0.25) is 0 Å². The molecule has 1 amide bonds. The minimum atomic E-state index is 0.309. The third kappa shape index (κ3) is 4.62. The summed E-state index contributed by atoms with van der Waals surface area (Å²) in [6, 6.07) is 4.66. The first kappa shape index (κ1) is 14.5. The van der Waals surface area contributed by atoms with Crippen LogP contribution in [0.15, 0.2) is 17.5 Å². The molecular formula is C15H24N2OS. The quantitative estimate of drug-likeness (QED) is 0.899. The van der Waals surface area contributed by atoms with E-state index < -0.39 is 0 Å². The van der Waals surface area contributed by atoms with Crippen molar-refractivity contribution in [2.45, 2.75) is 44.6 Å². The topological polar surface area (TPSA) is 32.3 Å². The summed E-state index contributed by atoms with van der Waals surface area (Å²) < 4.78 is 0. The van der Waals surface area contributed by atoms with Crippen LogP contribution in [0.1, 0.15) is 37.0 Å². The fourth-order valence-corrected chi connectivity index (χ4v) is 3.39. The van der Waals surface area contributed by atoms with Crippen molar-refractivity contribution in [2.24, 2.45) is 0 Å². The molecule has 0 radical (unpaired) electrons. The summed E-state index contributed by atoms with van der Waals surface area (Å²) in [5, 5.41) is 5.50. The van der Waals surface area contributed by atoms with Crippen LogP contribution in [-0.2, 0) is 11.2 Å². The molecule has 0 aromatic carbocycles. The fourth-order valence-electron chi connectivity index (χ4n) is 2.64. The fraction of sp³-hybridized carbons (Fsp3) is 0.667. The van der Waals surface area contributed by atoms with Gasteiger partial charge in [-0.2, -0.15) is 0 Å². The lowest BCUT2D eigenvalue weighted by molar-refractivity contribution is -0.132. The Morgan fingerprint density at radius 2 is 2.37 bits per heavy atom. The number of rotatable bonds is 5. The lowest BCUT2D eigenvalue weighted by atomic mass is 10.1. The van der Waals surface area contributed by atoms with E-state index >= 15 is 0 Å². The van der Waals surface area contributed by atoms with Crippen LogP contribution in [0, 0.1) is 0 Å². The number of carbonyl (C=O) groups is 1. The van der Waals surface area contributed by atoms with Gasteiger partial charge >= 0.3 is 0 Å². The van der Waals surface area contributed by atoms with Crippen molar-refractivity contribution in [1.29, 1.82) is 0 Å². The highest BCUT2D eigenvalue weighted by atomic mass is 32.1. The van der Waals surface area contributed by atoms with Gasteiger partial charge in [-0.15, -0.1) is 11.3 Å². The summed E-state index contributed by atoms with van der Waals surface area (Å²) in [6.45, 7) is 2.13. The van der Waals surface area contributed by atoms with E-state index in [1.165, 1.54) is 11.3 Å². The lowest BCUT2D eigenvalue weighted by Crippen LogP contribution is -2.37. The van der Waals surface area contributed by atoms with Crippen LogP contribution in [0.4, 0.5) is 0 Å². The zero-order chi connectivity index (χ0) is 13.5. The van der Waals surface area contributed by atoms with Gasteiger partial charge < -0.3 is 10.2 Å². The van der Waals surface area contributed by atoms with Crippen LogP contribution in [0.5, 0.6) is 0 Å². The number of carbonyl (C=O) groups excluding carboxylic acids is 1. The van der Waals surface area contributed by atoms with E-state index in [9.17, 15) is 4.79 Å². The van der Waals surface area contributed by atoms with Crippen LogP contribution in [0.25, 0.3) is 0 Å². The van der Waals surface area contributed by atoms with E-state index in [4.69, 9.17) is 0 Å². The minimum Gasteiger partial charge on any atom is -0.343 e. The first-order valence-corrected chi connectivity index (χ1v) is 8.14. The number of hydrogen-bond acceptors (Lipinski definition) is 3. The van der Waals surface area contributed by atoms with Crippen LogP contribution < -0.4 is 5.32 Å². The molecule has 3 nitrogen and oxygen atoms in total. The van der Waals surface area contributed by atoms with E-state index in [-0.39, 0.29) is 0 Å². The molecule has 2 heterocycles. The lowest BCUT2D eigenvalue weighted by Gasteiger charge is -2.27. The maximum atomic E-state index is 12.2. The van der Waals surface area contributed by atoms with Crippen molar-refractivity contribution in [2.75, 3.05) is 20.1 Å². The molecule has 1 aliphatic rings. The second-order valence-electron chi connectivity index (χ2n) is 5.27. The number of nitrogens with zero attached hydrogens (tertiary/aromatic N) is 1. The molecule has 0 spiro atoms. The molecule has 1 N–H and O–H groups in total. The van der Waals surface area contributed by atoms with E-state index in [1.807, 2.05) is 11.9 Å². The van der Waals surface area contributed by atoms with Crippen molar-refractivity contribution in [3.8, 4) is 0 Å². The zero-order valence-electron chi connectivity index (χ0n) is 11.7. The summed E-state index contributed by atoms with van der Waals surface area (Å²) in [4.78, 5) is 15.6. The van der Waals surface area contributed by atoms with Gasteiger partial charge in [0.05, 0.1) is 0 Å². The third-order valence-electron chi connectivity index (χ3n) is 3.88. The van der Waals surface area contributed by atoms with Crippen molar-refractivity contribution in [1.82, 2.24) is 10.2 Å². The Kier molecular flexibility index (Phi) is 5.86. The number of aryl methyl sites for hydroxylation is 1. The molecule has 0 bridgehead atoms. The van der Waals surface area contributed by atoms with Gasteiger partial charge in [-0.25, -0.2) is 0 Å². The van der Waals surface area contributed by atoms with Crippen molar-refractivity contribution < 1.29 is 4.79 Å². The molecule has 1 unspecified atom stereocenters. The molecule has 1 aromatic heterocycles. The molecule has 19 heavy (non-hydrogen) atoms. The monoisotopic (exact) mass is 280 g/mol. The van der Waals surface area contributed by atoms with Gasteiger partial charge in [-0.1, -0.05) is 6.07 Å². The largest absolute Gasteiger partial charge is 0.343 e. The van der Waals surface area contributed by atoms with Crippen LogP contribution in [0.3, 0.4) is 0 Å². The maximum absolute atomic E-state index is 12.2. The summed E-state index contributed by atoms with van der Waals surface area (Å²) in [6.07, 6.45) is 6.08. The van der Waals surface area contributed by atoms with E-state index in [2.05, 4.69) is 22.8 Å². The molecule has 106 valence electrons. The van der Waals surface area contributed by atoms with Crippen LogP contribution in [-0.4, -0.2) is 37.0 Å². The molecule has 1 aromatic rings. The van der Waals surface area contributed by atoms with Gasteiger partial charge in [0.1, 0.15) is 0 Å². The van der Waals surface area contributed by atoms with Gasteiger partial charge in [0.2, 0.25) is 5.91 Å². The van der Waals surface area contributed by atoms with Gasteiger partial charge in [0.15, 0.2) is 0 Å². The van der Waals surface area contributed by atoms with Crippen molar-refractivity contribution in [3.63, 3.8) is 0 Å². The van der Waals surface area contributed by atoms with Gasteiger partial charge in [-0.05, 0) is 56.6 Å². The summed E-state index contributed by atoms with van der Waals surface area (Å²) in [7, 11) is 1.98. The minimum absolute atomic E-state index is 0.309. The highest BCUT2D eigenvalue weighted by molar-refractivity contribution is 7.09. The highest BCUT2D eigenvalue weighted by Crippen LogP contribution is 2.15. The molecule has 2 rings (SSSR count). The van der Waals surface area contributed by atoms with E-state index in [0.717, 1.165) is 38.8 Å². The SMILES string of the molecule is CN(C(=O)CCCc1cccs1)C1CCCNCC1. The summed E-state index contributed by atoms with van der Waals surface area (Å²) >= 11 is 1.78. The summed E-state index contributed by atoms with van der Waals surface area (Å²) in [5.74, 6) is 0.309. The predicted molar refractivity (Wildman–Crippen MR) is 80.5 cm³/mol. The molecule has 1 aliphatic heterocycles. The normalized spacial score (nSPS) is 19.9. The van der Waals surface area contributed by atoms with Crippen molar-refractivity contribution in [3.05, 3.63) is 22.4 Å². The average Bonchev–Trinajstić information content (AvgIpc) is 2.78. The first-order valence-electron chi connectivity index (χ1n) is 7.26. The van der Waals surface area contributed by atoms with Crippen LogP contribution >= 0.6 is 11.3 Å². The van der Waals surface area contributed by atoms with Gasteiger partial charge in [0.25, 0.3) is 0 Å². The number of nitrogens with one attached hydrogen (secondary N) is 1.